The highest BCUT2D eigenvalue weighted by Gasteiger charge is 2.17. The van der Waals surface area contributed by atoms with Crippen LogP contribution in [-0.4, -0.2) is 30.8 Å². The van der Waals surface area contributed by atoms with Gasteiger partial charge in [0.05, 0.1) is 7.11 Å². The summed E-state index contributed by atoms with van der Waals surface area (Å²) in [6.07, 6.45) is 0. The number of halogens is 2. The highest BCUT2D eigenvalue weighted by atomic mass is 35.5. The fourth-order valence-corrected chi connectivity index (χ4v) is 0.365. The number of hydrogen-bond acceptors (Lipinski definition) is 2. The second-order valence-electron chi connectivity index (χ2n) is 1.32. The van der Waals surface area contributed by atoms with Gasteiger partial charge in [-0.3, -0.25) is 9.63 Å². The molecule has 3 nitrogen and oxygen atoms in total. The van der Waals surface area contributed by atoms with E-state index in [9.17, 15) is 9.18 Å². The molecule has 0 aliphatic heterocycles. The van der Waals surface area contributed by atoms with Crippen LogP contribution in [0.25, 0.3) is 0 Å². The zero-order valence-electron chi connectivity index (χ0n) is 5.10. The molecule has 54 valence electrons. The van der Waals surface area contributed by atoms with Crippen LogP contribution in [-0.2, 0) is 9.63 Å². The van der Waals surface area contributed by atoms with Crippen molar-refractivity contribution in [1.82, 2.24) is 5.06 Å². The van der Waals surface area contributed by atoms with Crippen LogP contribution in [0.3, 0.4) is 0 Å². The van der Waals surface area contributed by atoms with Gasteiger partial charge in [-0.1, -0.05) is 11.6 Å². The van der Waals surface area contributed by atoms with E-state index in [0.29, 0.717) is 0 Å². The molecule has 0 spiro atoms. The third-order valence-corrected chi connectivity index (χ3v) is 0.958. The van der Waals surface area contributed by atoms with Gasteiger partial charge in [0.1, 0.15) is 0 Å². The normalized spacial score (nSPS) is 12.9. The minimum Gasteiger partial charge on any atom is -0.274 e. The van der Waals surface area contributed by atoms with Gasteiger partial charge in [0, 0.05) is 7.05 Å². The second-order valence-corrected chi connectivity index (χ2v) is 1.70. The lowest BCUT2D eigenvalue weighted by molar-refractivity contribution is -0.171. The summed E-state index contributed by atoms with van der Waals surface area (Å²) in [7, 11) is 2.52. The molecule has 0 saturated heterocycles. The van der Waals surface area contributed by atoms with Crippen molar-refractivity contribution in [3.8, 4) is 0 Å². The van der Waals surface area contributed by atoms with Gasteiger partial charge in [0.2, 0.25) is 0 Å². The summed E-state index contributed by atoms with van der Waals surface area (Å²) < 4.78 is 11.8. The van der Waals surface area contributed by atoms with Crippen molar-refractivity contribution < 1.29 is 14.0 Å². The Labute approximate surface area is 57.3 Å². The van der Waals surface area contributed by atoms with Crippen molar-refractivity contribution in [3.05, 3.63) is 0 Å². The van der Waals surface area contributed by atoms with Crippen molar-refractivity contribution >= 4 is 17.5 Å². The Hall–Kier alpha value is -0.350. The topological polar surface area (TPSA) is 29.5 Å². The number of hydroxylamine groups is 2. The molecule has 0 aromatic carbocycles. The standard InChI is InChI=1S/C4H7ClFNO2/c1-7(9-2)4(8)3(5)6/h3H,1-2H3. The Morgan fingerprint density at radius 1 is 1.89 bits per heavy atom. The maximum atomic E-state index is 11.8. The summed E-state index contributed by atoms with van der Waals surface area (Å²) in [5.41, 5.74) is -2.02. The van der Waals surface area contributed by atoms with E-state index in [-0.39, 0.29) is 0 Å². The largest absolute Gasteiger partial charge is 0.295 e. The van der Waals surface area contributed by atoms with Crippen molar-refractivity contribution in [1.29, 1.82) is 0 Å². The summed E-state index contributed by atoms with van der Waals surface area (Å²) in [5, 5.41) is 0.720. The number of carbonyl (C=O) groups excluding carboxylic acids is 1. The molecule has 0 rings (SSSR count). The van der Waals surface area contributed by atoms with Gasteiger partial charge in [-0.05, 0) is 0 Å². The zero-order chi connectivity index (χ0) is 7.44. The van der Waals surface area contributed by atoms with Crippen molar-refractivity contribution in [2.45, 2.75) is 5.63 Å². The smallest absolute Gasteiger partial charge is 0.274 e. The number of hydrogen-bond donors (Lipinski definition) is 0. The average Bonchev–Trinajstić information content (AvgIpc) is 1.84. The van der Waals surface area contributed by atoms with Crippen LogP contribution < -0.4 is 0 Å². The molecular formula is C4H7ClFNO2. The average molecular weight is 156 g/mol. The summed E-state index contributed by atoms with van der Waals surface area (Å²) in [5.74, 6) is -0.904. The third kappa shape index (κ3) is 2.62. The number of nitrogens with zero attached hydrogens (tertiary/aromatic N) is 1. The third-order valence-electron chi connectivity index (χ3n) is 0.771. The molecular weight excluding hydrogens is 148 g/mol. The van der Waals surface area contributed by atoms with Gasteiger partial charge in [-0.15, -0.1) is 0 Å². The molecule has 9 heavy (non-hydrogen) atoms. The molecule has 0 heterocycles. The first-order chi connectivity index (χ1) is 4.09. The van der Waals surface area contributed by atoms with E-state index in [2.05, 4.69) is 4.84 Å². The van der Waals surface area contributed by atoms with Crippen LogP contribution in [0.2, 0.25) is 0 Å². The van der Waals surface area contributed by atoms with E-state index >= 15 is 0 Å². The maximum Gasteiger partial charge on any atom is 0.295 e. The van der Waals surface area contributed by atoms with Crippen LogP contribution in [0.4, 0.5) is 4.39 Å². The Bertz CT molecular complexity index is 109. The molecule has 5 heteroatoms. The molecule has 0 bridgehead atoms. The van der Waals surface area contributed by atoms with Crippen LogP contribution in [0, 0.1) is 0 Å². The molecule has 1 atom stereocenters. The summed E-state index contributed by atoms with van der Waals surface area (Å²) >= 11 is 4.76. The van der Waals surface area contributed by atoms with Crippen molar-refractivity contribution in [2.24, 2.45) is 0 Å². The highest BCUT2D eigenvalue weighted by molar-refractivity contribution is 6.29. The van der Waals surface area contributed by atoms with E-state index in [1.165, 1.54) is 14.2 Å². The molecule has 0 aliphatic carbocycles. The molecule has 0 aromatic rings. The summed E-state index contributed by atoms with van der Waals surface area (Å²) in [6, 6.07) is 0. The Kier molecular flexibility index (Phi) is 3.49. The fraction of sp³-hybridized carbons (Fsp3) is 0.750. The summed E-state index contributed by atoms with van der Waals surface area (Å²) in [6.45, 7) is 0. The quantitative estimate of drug-likeness (QED) is 0.430. The van der Waals surface area contributed by atoms with Crippen molar-refractivity contribution in [2.75, 3.05) is 14.2 Å². The predicted octanol–water partition coefficient (Wildman–Crippen LogP) is 0.541. The first kappa shape index (κ1) is 8.65. The Morgan fingerprint density at radius 3 is 2.44 bits per heavy atom. The minimum atomic E-state index is -2.02. The van der Waals surface area contributed by atoms with E-state index in [1.807, 2.05) is 0 Å². The minimum absolute atomic E-state index is 0.720. The predicted molar refractivity (Wildman–Crippen MR) is 30.5 cm³/mol. The van der Waals surface area contributed by atoms with Crippen LogP contribution >= 0.6 is 11.6 Å². The van der Waals surface area contributed by atoms with Crippen LogP contribution in [0.15, 0.2) is 0 Å². The van der Waals surface area contributed by atoms with Crippen LogP contribution in [0.1, 0.15) is 0 Å². The lowest BCUT2D eigenvalue weighted by Crippen LogP contribution is -2.30. The van der Waals surface area contributed by atoms with Crippen LogP contribution in [0.5, 0.6) is 0 Å². The Balaban J connectivity index is 3.73. The SMILES string of the molecule is CON(C)C(=O)C(F)Cl. The van der Waals surface area contributed by atoms with E-state index < -0.39 is 11.5 Å². The van der Waals surface area contributed by atoms with Gasteiger partial charge in [-0.25, -0.2) is 9.45 Å². The van der Waals surface area contributed by atoms with E-state index in [0.717, 1.165) is 5.06 Å². The lowest BCUT2D eigenvalue weighted by Gasteiger charge is -2.12. The molecule has 0 fully saturated rings. The second kappa shape index (κ2) is 3.63. The molecule has 1 amide bonds. The van der Waals surface area contributed by atoms with Crippen molar-refractivity contribution in [3.63, 3.8) is 0 Å². The molecule has 0 aromatic heterocycles. The number of rotatable bonds is 2. The highest BCUT2D eigenvalue weighted by Crippen LogP contribution is 2.00. The number of alkyl halides is 2. The van der Waals surface area contributed by atoms with E-state index in [1.54, 1.807) is 0 Å². The Morgan fingerprint density at radius 2 is 2.33 bits per heavy atom. The summed E-state index contributed by atoms with van der Waals surface area (Å²) in [4.78, 5) is 14.7. The van der Waals surface area contributed by atoms with Gasteiger partial charge in [-0.2, -0.15) is 0 Å². The lowest BCUT2D eigenvalue weighted by atomic mass is 10.7. The number of carbonyl (C=O) groups is 1. The fourth-order valence-electron chi connectivity index (χ4n) is 0.227. The first-order valence-electron chi connectivity index (χ1n) is 2.19. The number of amides is 1. The van der Waals surface area contributed by atoms with Gasteiger partial charge in [0.25, 0.3) is 11.5 Å². The van der Waals surface area contributed by atoms with Gasteiger partial charge >= 0.3 is 0 Å². The molecule has 0 aliphatic rings. The van der Waals surface area contributed by atoms with Gasteiger partial charge < -0.3 is 0 Å². The molecule has 1 unspecified atom stereocenters. The maximum absolute atomic E-state index is 11.8. The monoisotopic (exact) mass is 155 g/mol. The van der Waals surface area contributed by atoms with Gasteiger partial charge in [0.15, 0.2) is 0 Å². The molecule has 0 radical (unpaired) electrons. The zero-order valence-corrected chi connectivity index (χ0v) is 5.85. The molecule has 0 N–H and O–H groups in total. The first-order valence-corrected chi connectivity index (χ1v) is 2.63. The van der Waals surface area contributed by atoms with E-state index in [4.69, 9.17) is 11.6 Å². The molecule has 0 saturated carbocycles.